The van der Waals surface area contributed by atoms with E-state index in [1.54, 1.807) is 34.0 Å². The Bertz CT molecular complexity index is 771. The maximum atomic E-state index is 12.9. The number of aliphatic hydroxyl groups excluding tert-OH is 1. The second kappa shape index (κ2) is 6.48. The Labute approximate surface area is 145 Å². The van der Waals surface area contributed by atoms with Crippen LogP contribution in [0.15, 0.2) is 30.5 Å². The summed E-state index contributed by atoms with van der Waals surface area (Å²) in [7, 11) is 0. The lowest BCUT2D eigenvalue weighted by molar-refractivity contribution is 0.0244. The van der Waals surface area contributed by atoms with Crippen molar-refractivity contribution in [1.82, 2.24) is 19.9 Å². The fourth-order valence-electron chi connectivity index (χ4n) is 3.18. The summed E-state index contributed by atoms with van der Waals surface area (Å²) in [5, 5.41) is 27.5. The zero-order valence-corrected chi connectivity index (χ0v) is 14.0. The molecule has 0 unspecified atom stereocenters. The quantitative estimate of drug-likeness (QED) is 0.834. The van der Waals surface area contributed by atoms with Crippen molar-refractivity contribution < 1.29 is 15.0 Å². The van der Waals surface area contributed by atoms with E-state index in [0.29, 0.717) is 24.7 Å². The number of phenols is 1. The highest BCUT2D eigenvalue weighted by molar-refractivity contribution is 5.92. The summed E-state index contributed by atoms with van der Waals surface area (Å²) in [6, 6.07) is 6.89. The summed E-state index contributed by atoms with van der Waals surface area (Å²) in [5.74, 6) is 0.585. The van der Waals surface area contributed by atoms with E-state index in [1.165, 1.54) is 0 Å². The van der Waals surface area contributed by atoms with Crippen LogP contribution >= 0.6 is 0 Å². The van der Waals surface area contributed by atoms with E-state index >= 15 is 0 Å². The summed E-state index contributed by atoms with van der Waals surface area (Å²) in [6.07, 6.45) is 5.14. The molecule has 2 aromatic rings. The average Bonchev–Trinajstić information content (AvgIpc) is 3.28. The Morgan fingerprint density at radius 1 is 1.28 bits per heavy atom. The van der Waals surface area contributed by atoms with Crippen molar-refractivity contribution in [1.29, 1.82) is 0 Å². The van der Waals surface area contributed by atoms with E-state index in [4.69, 9.17) is 0 Å². The van der Waals surface area contributed by atoms with Gasteiger partial charge in [0.2, 0.25) is 0 Å². The van der Waals surface area contributed by atoms with Crippen LogP contribution in [0.2, 0.25) is 0 Å². The zero-order valence-electron chi connectivity index (χ0n) is 14.0. The lowest BCUT2D eigenvalue weighted by Gasteiger charge is -2.31. The maximum Gasteiger partial charge on any atom is 0.276 e. The molecule has 0 spiro atoms. The third kappa shape index (κ3) is 3.51. The van der Waals surface area contributed by atoms with Crippen LogP contribution in [0, 0.1) is 5.92 Å². The van der Waals surface area contributed by atoms with Gasteiger partial charge in [-0.15, -0.1) is 5.10 Å². The average molecular weight is 342 g/mol. The number of nitrogens with zero attached hydrogens (tertiary/aromatic N) is 4. The number of benzene rings is 1. The number of hydrogen-bond donors (Lipinski definition) is 2. The summed E-state index contributed by atoms with van der Waals surface area (Å²) < 4.78 is 1.60. The van der Waals surface area contributed by atoms with Crippen LogP contribution in [0.4, 0.5) is 0 Å². The van der Waals surface area contributed by atoms with Gasteiger partial charge in [-0.05, 0) is 49.3 Å². The van der Waals surface area contributed by atoms with Crippen LogP contribution in [0.1, 0.15) is 47.8 Å². The molecule has 7 nitrogen and oxygen atoms in total. The first kappa shape index (κ1) is 16.1. The third-order valence-electron chi connectivity index (χ3n) is 5.02. The molecule has 25 heavy (non-hydrogen) atoms. The molecule has 2 atom stereocenters. The number of carbonyl (C=O) groups is 1. The number of aliphatic hydroxyl groups is 1. The Morgan fingerprint density at radius 3 is 2.76 bits per heavy atom. The molecule has 7 heteroatoms. The molecule has 0 radical (unpaired) electrons. The maximum absolute atomic E-state index is 12.9. The number of carbonyl (C=O) groups excluding carboxylic acids is 1. The van der Waals surface area contributed by atoms with E-state index in [1.807, 2.05) is 6.07 Å². The number of amides is 1. The molecule has 1 aromatic heterocycles. The van der Waals surface area contributed by atoms with Gasteiger partial charge in [0, 0.05) is 13.1 Å². The van der Waals surface area contributed by atoms with Crippen LogP contribution in [0.25, 0.3) is 0 Å². The Kier molecular flexibility index (Phi) is 4.17. The minimum atomic E-state index is -0.403. The van der Waals surface area contributed by atoms with Gasteiger partial charge in [0.25, 0.3) is 5.91 Å². The molecule has 4 rings (SSSR count). The summed E-state index contributed by atoms with van der Waals surface area (Å²) >= 11 is 0. The molecule has 132 valence electrons. The number of rotatable bonds is 6. The van der Waals surface area contributed by atoms with Gasteiger partial charge >= 0.3 is 0 Å². The molecule has 0 aliphatic heterocycles. The first-order valence-electron chi connectivity index (χ1n) is 8.77. The molecular formula is C18H22N4O3. The van der Waals surface area contributed by atoms with Gasteiger partial charge in [-0.3, -0.25) is 4.79 Å². The van der Waals surface area contributed by atoms with E-state index in [9.17, 15) is 15.0 Å². The van der Waals surface area contributed by atoms with E-state index in [2.05, 4.69) is 10.3 Å². The molecule has 1 heterocycles. The smallest absolute Gasteiger partial charge is 0.276 e. The fraction of sp³-hybridized carbons (Fsp3) is 0.500. The number of aromatic hydroxyl groups is 1. The van der Waals surface area contributed by atoms with Gasteiger partial charge in [0.05, 0.1) is 18.3 Å². The van der Waals surface area contributed by atoms with Gasteiger partial charge in [0.15, 0.2) is 5.69 Å². The summed E-state index contributed by atoms with van der Waals surface area (Å²) in [4.78, 5) is 14.7. The van der Waals surface area contributed by atoms with Gasteiger partial charge in [0.1, 0.15) is 5.75 Å². The molecule has 2 aliphatic carbocycles. The van der Waals surface area contributed by atoms with E-state index < -0.39 is 6.10 Å². The van der Waals surface area contributed by atoms with Crippen molar-refractivity contribution in [2.24, 2.45) is 5.92 Å². The van der Waals surface area contributed by atoms with Gasteiger partial charge in [-0.1, -0.05) is 17.3 Å². The lowest BCUT2D eigenvalue weighted by atomic mass is 9.89. The zero-order chi connectivity index (χ0) is 17.4. The normalized spacial score (nSPS) is 22.4. The molecule has 2 saturated carbocycles. The highest BCUT2D eigenvalue weighted by Gasteiger charge is 2.33. The minimum Gasteiger partial charge on any atom is -0.508 e. The summed E-state index contributed by atoms with van der Waals surface area (Å²) in [6.45, 7) is 1.12. The number of hydrogen-bond acceptors (Lipinski definition) is 5. The van der Waals surface area contributed by atoms with Crippen LogP contribution in [0.5, 0.6) is 5.75 Å². The monoisotopic (exact) mass is 342 g/mol. The highest BCUT2D eigenvalue weighted by Crippen LogP contribution is 2.32. The SMILES string of the molecule is O=C(c1cn([C@@H]2CC[C@H]2O)nn1)N(Cc1cccc(O)c1)CC1CC1. The molecule has 2 aliphatic rings. The second-order valence-corrected chi connectivity index (χ2v) is 7.09. The van der Waals surface area contributed by atoms with Crippen LogP contribution in [0.3, 0.4) is 0 Å². The molecule has 0 bridgehead atoms. The molecule has 0 saturated heterocycles. The van der Waals surface area contributed by atoms with Crippen molar-refractivity contribution in [3.8, 4) is 5.75 Å². The minimum absolute atomic E-state index is 0.0722. The van der Waals surface area contributed by atoms with Crippen molar-refractivity contribution in [2.45, 2.75) is 44.4 Å². The largest absolute Gasteiger partial charge is 0.508 e. The van der Waals surface area contributed by atoms with Gasteiger partial charge in [-0.2, -0.15) is 0 Å². The lowest BCUT2D eigenvalue weighted by Crippen LogP contribution is -2.34. The molecule has 1 amide bonds. The second-order valence-electron chi connectivity index (χ2n) is 7.09. The predicted molar refractivity (Wildman–Crippen MR) is 89.9 cm³/mol. The van der Waals surface area contributed by atoms with Crippen molar-refractivity contribution >= 4 is 5.91 Å². The van der Waals surface area contributed by atoms with Crippen LogP contribution < -0.4 is 0 Å². The molecule has 2 fully saturated rings. The predicted octanol–water partition coefficient (Wildman–Crippen LogP) is 1.73. The standard InChI is InChI=1S/C18H22N4O3/c23-14-3-1-2-13(8-14)10-21(9-12-4-5-12)18(25)15-11-22(20-19-15)16-6-7-17(16)24/h1-3,8,11-12,16-17,23-24H,4-7,9-10H2/t16-,17-/m1/s1. The fourth-order valence-corrected chi connectivity index (χ4v) is 3.18. The van der Waals surface area contributed by atoms with E-state index in [0.717, 1.165) is 31.2 Å². The summed E-state index contributed by atoms with van der Waals surface area (Å²) in [5.41, 5.74) is 1.19. The first-order chi connectivity index (χ1) is 12.1. The van der Waals surface area contributed by atoms with Crippen LogP contribution in [-0.4, -0.2) is 48.7 Å². The van der Waals surface area contributed by atoms with E-state index in [-0.39, 0.29) is 17.7 Å². The van der Waals surface area contributed by atoms with Crippen molar-refractivity contribution in [3.63, 3.8) is 0 Å². The van der Waals surface area contributed by atoms with Crippen molar-refractivity contribution in [3.05, 3.63) is 41.7 Å². The Morgan fingerprint density at radius 2 is 2.12 bits per heavy atom. The number of aromatic nitrogens is 3. The van der Waals surface area contributed by atoms with Gasteiger partial charge in [-0.25, -0.2) is 4.68 Å². The highest BCUT2D eigenvalue weighted by atomic mass is 16.3. The van der Waals surface area contributed by atoms with Crippen LogP contribution in [-0.2, 0) is 6.54 Å². The first-order valence-corrected chi connectivity index (χ1v) is 8.77. The molecule has 1 aromatic carbocycles. The third-order valence-corrected chi connectivity index (χ3v) is 5.02. The molecular weight excluding hydrogens is 320 g/mol. The molecule has 2 N–H and O–H groups in total. The Balaban J connectivity index is 1.51. The van der Waals surface area contributed by atoms with Crippen molar-refractivity contribution in [2.75, 3.05) is 6.54 Å². The number of phenolic OH excluding ortho intramolecular Hbond substituents is 1. The van der Waals surface area contributed by atoms with Gasteiger partial charge < -0.3 is 15.1 Å². The topological polar surface area (TPSA) is 91.5 Å². The Hall–Kier alpha value is -2.41.